The number of hydrogen-bond acceptors (Lipinski definition) is 5. The molecule has 2 amide bonds. The maximum atomic E-state index is 12.9. The van der Waals surface area contributed by atoms with Crippen LogP contribution in [0.5, 0.6) is 0 Å². The molecule has 1 aliphatic heterocycles. The Morgan fingerprint density at radius 3 is 2.81 bits per heavy atom. The lowest BCUT2D eigenvalue weighted by Gasteiger charge is -2.40. The van der Waals surface area contributed by atoms with Crippen LogP contribution in [0.4, 0.5) is 0 Å². The Balaban J connectivity index is 1.57. The third-order valence-corrected chi connectivity index (χ3v) is 5.19. The lowest BCUT2D eigenvalue weighted by Crippen LogP contribution is -2.49. The van der Waals surface area contributed by atoms with Crippen molar-refractivity contribution in [3.63, 3.8) is 0 Å². The minimum Gasteiger partial charge on any atom is -0.359 e. The quantitative estimate of drug-likeness (QED) is 0.875. The molecule has 1 N–H and O–H groups in total. The molecular weight excluding hydrogens is 334 g/mol. The number of nitrogens with one attached hydrogen (secondary N) is 1. The van der Waals surface area contributed by atoms with Gasteiger partial charge in [0.1, 0.15) is 0 Å². The average molecular weight is 357 g/mol. The van der Waals surface area contributed by atoms with Crippen molar-refractivity contribution in [3.05, 3.63) is 35.5 Å². The summed E-state index contributed by atoms with van der Waals surface area (Å²) in [7, 11) is 1.85. The summed E-state index contributed by atoms with van der Waals surface area (Å²) in [4.78, 5) is 27.5. The van der Waals surface area contributed by atoms with E-state index in [2.05, 4.69) is 15.6 Å². The van der Waals surface area contributed by atoms with Gasteiger partial charge < -0.3 is 14.7 Å². The zero-order chi connectivity index (χ0) is 18.3. The van der Waals surface area contributed by atoms with Gasteiger partial charge >= 0.3 is 0 Å². The second-order valence-electron chi connectivity index (χ2n) is 7.15. The summed E-state index contributed by atoms with van der Waals surface area (Å²) < 4.78 is 6.93. The van der Waals surface area contributed by atoms with Gasteiger partial charge in [-0.3, -0.25) is 14.3 Å². The van der Waals surface area contributed by atoms with Crippen LogP contribution >= 0.6 is 0 Å². The molecule has 8 heteroatoms. The summed E-state index contributed by atoms with van der Waals surface area (Å²) in [5.41, 5.74) is 1.69. The maximum Gasteiger partial charge on any atom is 0.225 e. The van der Waals surface area contributed by atoms with Crippen LogP contribution in [0.2, 0.25) is 0 Å². The second kappa shape index (κ2) is 6.59. The first-order chi connectivity index (χ1) is 12.5. The predicted octanol–water partition coefficient (Wildman–Crippen LogP) is 1.48. The highest BCUT2D eigenvalue weighted by Crippen LogP contribution is 2.43. The predicted molar refractivity (Wildman–Crippen MR) is 91.6 cm³/mol. The smallest absolute Gasteiger partial charge is 0.225 e. The van der Waals surface area contributed by atoms with E-state index in [1.807, 2.05) is 24.9 Å². The zero-order valence-electron chi connectivity index (χ0n) is 15.0. The number of rotatable bonds is 5. The number of nitrogens with zero attached hydrogens (tertiary/aromatic N) is 4. The monoisotopic (exact) mass is 357 g/mol. The van der Waals surface area contributed by atoms with E-state index < -0.39 is 0 Å². The van der Waals surface area contributed by atoms with Crippen LogP contribution in [0.25, 0.3) is 0 Å². The van der Waals surface area contributed by atoms with Crippen LogP contribution in [0.1, 0.15) is 48.9 Å². The molecule has 8 nitrogen and oxygen atoms in total. The Kier molecular flexibility index (Phi) is 4.26. The molecule has 3 heterocycles. The van der Waals surface area contributed by atoms with Crippen molar-refractivity contribution in [2.24, 2.45) is 13.0 Å². The second-order valence-corrected chi connectivity index (χ2v) is 7.15. The number of carbonyl (C=O) groups is 2. The molecule has 138 valence electrons. The topological polar surface area (TPSA) is 93.3 Å². The molecule has 0 bridgehead atoms. The minimum absolute atomic E-state index is 0.0663. The van der Waals surface area contributed by atoms with Crippen molar-refractivity contribution in [1.82, 2.24) is 25.2 Å². The van der Waals surface area contributed by atoms with Gasteiger partial charge in [0, 0.05) is 31.8 Å². The van der Waals surface area contributed by atoms with Gasteiger partial charge in [0.15, 0.2) is 5.76 Å². The van der Waals surface area contributed by atoms with Crippen molar-refractivity contribution < 1.29 is 14.1 Å². The van der Waals surface area contributed by atoms with E-state index >= 15 is 0 Å². The molecule has 4 rings (SSSR count). The molecule has 1 saturated heterocycles. The van der Waals surface area contributed by atoms with E-state index in [1.54, 1.807) is 16.9 Å². The zero-order valence-corrected chi connectivity index (χ0v) is 15.0. The number of amides is 2. The Bertz CT molecular complexity index is 822. The van der Waals surface area contributed by atoms with Gasteiger partial charge in [0.05, 0.1) is 29.9 Å². The van der Waals surface area contributed by atoms with Crippen molar-refractivity contribution in [2.75, 3.05) is 0 Å². The Hall–Kier alpha value is -2.64. The summed E-state index contributed by atoms with van der Waals surface area (Å²) >= 11 is 0. The molecule has 2 atom stereocenters. The van der Waals surface area contributed by atoms with Crippen LogP contribution in [0.15, 0.2) is 22.9 Å². The lowest BCUT2D eigenvalue weighted by molar-refractivity contribution is -0.144. The summed E-state index contributed by atoms with van der Waals surface area (Å²) in [6.07, 6.45) is 4.67. The number of aryl methyl sites for hydroxylation is 2. The summed E-state index contributed by atoms with van der Waals surface area (Å²) in [5, 5.41) is 11.0. The first-order valence-corrected chi connectivity index (χ1v) is 9.03. The van der Waals surface area contributed by atoms with Crippen LogP contribution in [-0.2, 0) is 23.2 Å². The number of likely N-dealkylation sites (tertiary alicyclic amines) is 1. The van der Waals surface area contributed by atoms with E-state index in [-0.39, 0.29) is 29.8 Å². The van der Waals surface area contributed by atoms with E-state index in [0.717, 1.165) is 24.2 Å². The molecule has 1 aliphatic carbocycles. The molecule has 0 aromatic carbocycles. The standard InChI is InChI=1S/C18H23N5O3/c1-11-9-13(26-21-11)10-19-18(25)14-5-6-16(24)23(12-3-4-12)17(14)15-7-8-20-22(15)2/h7-9,12,14,17H,3-6,10H2,1-2H3,(H,19,25)/t14-,17-/m0/s1. The third-order valence-electron chi connectivity index (χ3n) is 5.19. The lowest BCUT2D eigenvalue weighted by atomic mass is 9.85. The SMILES string of the molecule is Cc1cc(CNC(=O)[C@H]2CCC(=O)N(C3CC3)[C@@H]2c2ccnn2C)on1. The van der Waals surface area contributed by atoms with Crippen molar-refractivity contribution in [1.29, 1.82) is 0 Å². The molecule has 2 aliphatic rings. The van der Waals surface area contributed by atoms with Gasteiger partial charge in [-0.15, -0.1) is 0 Å². The summed E-state index contributed by atoms with van der Waals surface area (Å²) in [6, 6.07) is 3.68. The fourth-order valence-electron chi connectivity index (χ4n) is 3.80. The molecule has 2 aromatic rings. The first-order valence-electron chi connectivity index (χ1n) is 9.03. The molecule has 2 aromatic heterocycles. The molecular formula is C18H23N5O3. The fraction of sp³-hybridized carbons (Fsp3) is 0.556. The maximum absolute atomic E-state index is 12.9. The Morgan fingerprint density at radius 2 is 2.19 bits per heavy atom. The first kappa shape index (κ1) is 16.8. The van der Waals surface area contributed by atoms with Gasteiger partial charge in [-0.25, -0.2) is 0 Å². The van der Waals surface area contributed by atoms with Gasteiger partial charge in [0.25, 0.3) is 0 Å². The highest BCUT2D eigenvalue weighted by molar-refractivity contribution is 5.85. The number of hydrogen-bond donors (Lipinski definition) is 1. The van der Waals surface area contributed by atoms with Crippen LogP contribution in [-0.4, -0.2) is 37.7 Å². The van der Waals surface area contributed by atoms with E-state index in [9.17, 15) is 9.59 Å². The Morgan fingerprint density at radius 1 is 1.38 bits per heavy atom. The summed E-state index contributed by atoms with van der Waals surface area (Å²) in [6.45, 7) is 2.14. The normalized spacial score (nSPS) is 23.3. The van der Waals surface area contributed by atoms with Gasteiger partial charge in [-0.05, 0) is 32.3 Å². The van der Waals surface area contributed by atoms with E-state index in [1.165, 1.54) is 0 Å². The Labute approximate surface area is 151 Å². The summed E-state index contributed by atoms with van der Waals surface area (Å²) in [5.74, 6) is 0.392. The van der Waals surface area contributed by atoms with Gasteiger partial charge in [-0.1, -0.05) is 5.16 Å². The number of piperidine rings is 1. The van der Waals surface area contributed by atoms with Crippen molar-refractivity contribution >= 4 is 11.8 Å². The third kappa shape index (κ3) is 3.11. The van der Waals surface area contributed by atoms with Gasteiger partial charge in [0.2, 0.25) is 11.8 Å². The van der Waals surface area contributed by atoms with Crippen molar-refractivity contribution in [2.45, 2.75) is 51.2 Å². The van der Waals surface area contributed by atoms with E-state index in [4.69, 9.17) is 4.52 Å². The van der Waals surface area contributed by atoms with Crippen LogP contribution < -0.4 is 5.32 Å². The fourth-order valence-corrected chi connectivity index (χ4v) is 3.80. The van der Waals surface area contributed by atoms with E-state index in [0.29, 0.717) is 25.1 Å². The molecule has 0 unspecified atom stereocenters. The number of carbonyl (C=O) groups excluding carboxylic acids is 2. The molecule has 0 radical (unpaired) electrons. The number of aromatic nitrogens is 3. The highest BCUT2D eigenvalue weighted by atomic mass is 16.5. The molecule has 0 spiro atoms. The van der Waals surface area contributed by atoms with Crippen LogP contribution in [0.3, 0.4) is 0 Å². The largest absolute Gasteiger partial charge is 0.359 e. The average Bonchev–Trinajstić information content (AvgIpc) is 3.23. The van der Waals surface area contributed by atoms with Gasteiger partial charge in [-0.2, -0.15) is 5.10 Å². The molecule has 2 fully saturated rings. The minimum atomic E-state index is -0.298. The van der Waals surface area contributed by atoms with Crippen LogP contribution in [0, 0.1) is 12.8 Å². The molecule has 26 heavy (non-hydrogen) atoms. The van der Waals surface area contributed by atoms with Crippen molar-refractivity contribution in [3.8, 4) is 0 Å². The molecule has 1 saturated carbocycles. The highest BCUT2D eigenvalue weighted by Gasteiger charge is 2.47.